The number of methoxy groups -OCH3 is 1. The van der Waals surface area contributed by atoms with Crippen LogP contribution in [0.5, 0.6) is 5.75 Å². The van der Waals surface area contributed by atoms with Crippen LogP contribution in [0.25, 0.3) is 0 Å². The van der Waals surface area contributed by atoms with Crippen molar-refractivity contribution in [1.82, 2.24) is 15.0 Å². The number of likely N-dealkylation sites (tertiary alicyclic amines) is 1. The van der Waals surface area contributed by atoms with E-state index in [-0.39, 0.29) is 18.9 Å². The Morgan fingerprint density at radius 3 is 3.00 bits per heavy atom. The van der Waals surface area contributed by atoms with Crippen LogP contribution < -0.4 is 4.74 Å². The number of aliphatic hydroxyl groups is 1. The van der Waals surface area contributed by atoms with E-state index in [1.54, 1.807) is 30.0 Å². The Morgan fingerprint density at radius 2 is 2.33 bits per heavy atom. The number of hydrogen-bond donors (Lipinski definition) is 1. The van der Waals surface area contributed by atoms with E-state index in [1.807, 2.05) is 0 Å². The van der Waals surface area contributed by atoms with E-state index in [2.05, 4.69) is 10.1 Å². The van der Waals surface area contributed by atoms with Gasteiger partial charge in [-0.05, 0) is 19.1 Å². The first kappa shape index (κ1) is 16.7. The number of nitrogens with zero attached hydrogens (tertiary/aromatic N) is 3. The van der Waals surface area contributed by atoms with Crippen LogP contribution in [0.1, 0.15) is 29.7 Å². The van der Waals surface area contributed by atoms with Crippen LogP contribution in [0.3, 0.4) is 0 Å². The fraction of sp³-hybridized carbons (Fsp3) is 0.438. The van der Waals surface area contributed by atoms with Crippen molar-refractivity contribution in [2.45, 2.75) is 31.9 Å². The summed E-state index contributed by atoms with van der Waals surface area (Å²) in [7, 11) is 1.53. The molecule has 24 heavy (non-hydrogen) atoms. The van der Waals surface area contributed by atoms with Gasteiger partial charge in [-0.1, -0.05) is 22.8 Å². The summed E-state index contributed by atoms with van der Waals surface area (Å²) in [6, 6.07) is 4.80. The lowest BCUT2D eigenvalue weighted by molar-refractivity contribution is -0.132. The highest BCUT2D eigenvalue weighted by molar-refractivity contribution is 6.31. The molecule has 0 bridgehead atoms. The lowest BCUT2D eigenvalue weighted by atomic mass is 10.1. The molecule has 1 aliphatic rings. The summed E-state index contributed by atoms with van der Waals surface area (Å²) >= 11 is 6.20. The SMILES string of the molecule is COc1cccc(Cl)c1CC(=O)N1C[C@H](O)C[C@@H]1c1nc(C)no1. The van der Waals surface area contributed by atoms with E-state index in [0.29, 0.717) is 34.5 Å². The zero-order valence-electron chi connectivity index (χ0n) is 13.4. The predicted octanol–water partition coefficient (Wildman–Crippen LogP) is 1.92. The van der Waals surface area contributed by atoms with Crippen molar-refractivity contribution in [3.05, 3.63) is 40.5 Å². The Kier molecular flexibility index (Phi) is 4.73. The highest BCUT2D eigenvalue weighted by Crippen LogP contribution is 2.33. The van der Waals surface area contributed by atoms with Crippen molar-refractivity contribution >= 4 is 17.5 Å². The molecule has 3 rings (SSSR count). The number of aromatic nitrogens is 2. The zero-order chi connectivity index (χ0) is 17.3. The molecular weight excluding hydrogens is 334 g/mol. The third-order valence-electron chi connectivity index (χ3n) is 4.05. The van der Waals surface area contributed by atoms with E-state index < -0.39 is 12.1 Å². The van der Waals surface area contributed by atoms with Crippen LogP contribution in [0.2, 0.25) is 5.02 Å². The van der Waals surface area contributed by atoms with Crippen molar-refractivity contribution in [2.24, 2.45) is 0 Å². The molecule has 0 unspecified atom stereocenters. The Hall–Kier alpha value is -2.12. The first-order valence-electron chi connectivity index (χ1n) is 7.58. The molecule has 2 atom stereocenters. The van der Waals surface area contributed by atoms with E-state index in [9.17, 15) is 9.90 Å². The van der Waals surface area contributed by atoms with Crippen molar-refractivity contribution in [3.8, 4) is 5.75 Å². The molecule has 7 nitrogen and oxygen atoms in total. The van der Waals surface area contributed by atoms with Crippen molar-refractivity contribution in [3.63, 3.8) is 0 Å². The van der Waals surface area contributed by atoms with Crippen LogP contribution in [0.15, 0.2) is 22.7 Å². The first-order chi connectivity index (χ1) is 11.5. The van der Waals surface area contributed by atoms with E-state index >= 15 is 0 Å². The molecule has 2 heterocycles. The smallest absolute Gasteiger partial charge is 0.249 e. The van der Waals surface area contributed by atoms with Gasteiger partial charge in [0, 0.05) is 23.6 Å². The highest BCUT2D eigenvalue weighted by atomic mass is 35.5. The quantitative estimate of drug-likeness (QED) is 0.905. The molecule has 8 heteroatoms. The number of β-amino-alcohol motifs (C(OH)–C–C–N with tert-alkyl or cyclic N) is 1. The second kappa shape index (κ2) is 6.78. The number of halogens is 1. The molecule has 0 spiro atoms. The van der Waals surface area contributed by atoms with Crippen LogP contribution in [-0.2, 0) is 11.2 Å². The number of rotatable bonds is 4. The van der Waals surface area contributed by atoms with Gasteiger partial charge >= 0.3 is 0 Å². The summed E-state index contributed by atoms with van der Waals surface area (Å²) in [6.45, 7) is 1.93. The molecule has 0 saturated carbocycles. The van der Waals surface area contributed by atoms with Gasteiger partial charge in [-0.25, -0.2) is 0 Å². The number of carbonyl (C=O) groups is 1. The van der Waals surface area contributed by atoms with Crippen molar-refractivity contribution in [1.29, 1.82) is 0 Å². The topological polar surface area (TPSA) is 88.7 Å². The Bertz CT molecular complexity index is 749. The maximum Gasteiger partial charge on any atom is 0.249 e. The molecule has 1 aromatic carbocycles. The minimum absolute atomic E-state index is 0.0686. The van der Waals surface area contributed by atoms with Gasteiger partial charge in [-0.2, -0.15) is 4.98 Å². The minimum Gasteiger partial charge on any atom is -0.496 e. The highest BCUT2D eigenvalue weighted by Gasteiger charge is 2.38. The monoisotopic (exact) mass is 351 g/mol. The normalized spacial score (nSPS) is 20.4. The number of aryl methyl sites for hydroxylation is 1. The van der Waals surface area contributed by atoms with Crippen LogP contribution in [0.4, 0.5) is 0 Å². The van der Waals surface area contributed by atoms with Gasteiger partial charge in [0.2, 0.25) is 11.8 Å². The third-order valence-corrected chi connectivity index (χ3v) is 4.41. The van der Waals surface area contributed by atoms with Gasteiger partial charge in [-0.3, -0.25) is 4.79 Å². The number of ether oxygens (including phenoxy) is 1. The summed E-state index contributed by atoms with van der Waals surface area (Å²) in [5.41, 5.74) is 0.619. The summed E-state index contributed by atoms with van der Waals surface area (Å²) in [5, 5.41) is 14.2. The minimum atomic E-state index is -0.626. The lowest BCUT2D eigenvalue weighted by Crippen LogP contribution is -2.33. The van der Waals surface area contributed by atoms with Gasteiger partial charge in [0.25, 0.3) is 0 Å². The summed E-state index contributed by atoms with van der Waals surface area (Å²) in [6.07, 6.45) is -0.189. The zero-order valence-corrected chi connectivity index (χ0v) is 14.2. The average molecular weight is 352 g/mol. The number of hydrogen-bond acceptors (Lipinski definition) is 6. The van der Waals surface area contributed by atoms with E-state index in [4.69, 9.17) is 20.9 Å². The maximum atomic E-state index is 12.8. The molecule has 1 saturated heterocycles. The van der Waals surface area contributed by atoms with E-state index in [1.165, 1.54) is 7.11 Å². The molecular formula is C16H18ClN3O4. The predicted molar refractivity (Wildman–Crippen MR) is 85.8 cm³/mol. The lowest BCUT2D eigenvalue weighted by Gasteiger charge is -2.22. The number of carbonyl (C=O) groups excluding carboxylic acids is 1. The number of benzene rings is 1. The Morgan fingerprint density at radius 1 is 1.54 bits per heavy atom. The molecule has 0 radical (unpaired) electrons. The Balaban J connectivity index is 1.83. The molecule has 1 aliphatic heterocycles. The molecule has 0 aliphatic carbocycles. The third kappa shape index (κ3) is 3.22. The van der Waals surface area contributed by atoms with Gasteiger partial charge < -0.3 is 19.3 Å². The number of aliphatic hydroxyl groups excluding tert-OH is 1. The first-order valence-corrected chi connectivity index (χ1v) is 7.96. The summed E-state index contributed by atoms with van der Waals surface area (Å²) in [4.78, 5) is 18.5. The standard InChI is InChI=1S/C16H18ClN3O4/c1-9-18-16(24-19-9)13-6-10(21)8-20(13)15(22)7-11-12(17)4-3-5-14(11)23-2/h3-5,10,13,21H,6-8H2,1-2H3/t10-,13-/m1/s1. The molecule has 1 aromatic heterocycles. The summed E-state index contributed by atoms with van der Waals surface area (Å²) < 4.78 is 10.5. The van der Waals surface area contributed by atoms with Crippen LogP contribution >= 0.6 is 11.6 Å². The van der Waals surface area contributed by atoms with Gasteiger partial charge in [-0.15, -0.1) is 0 Å². The maximum absolute atomic E-state index is 12.8. The van der Waals surface area contributed by atoms with Gasteiger partial charge in [0.15, 0.2) is 5.82 Å². The molecule has 1 amide bonds. The second-order valence-corrected chi connectivity index (χ2v) is 6.14. The fourth-order valence-electron chi connectivity index (χ4n) is 2.93. The van der Waals surface area contributed by atoms with Crippen LogP contribution in [-0.4, -0.2) is 45.8 Å². The number of amides is 1. The Labute approximate surface area is 144 Å². The summed E-state index contributed by atoms with van der Waals surface area (Å²) in [5.74, 6) is 1.20. The van der Waals surface area contributed by atoms with Gasteiger partial charge in [0.05, 0.1) is 19.6 Å². The van der Waals surface area contributed by atoms with Crippen molar-refractivity contribution in [2.75, 3.05) is 13.7 Å². The molecule has 1 fully saturated rings. The molecule has 2 aromatic rings. The molecule has 1 N–H and O–H groups in total. The van der Waals surface area contributed by atoms with Crippen molar-refractivity contribution < 1.29 is 19.2 Å². The fourth-order valence-corrected chi connectivity index (χ4v) is 3.16. The second-order valence-electron chi connectivity index (χ2n) is 5.73. The van der Waals surface area contributed by atoms with Crippen LogP contribution in [0, 0.1) is 6.92 Å². The average Bonchev–Trinajstić information content (AvgIpc) is 3.15. The van der Waals surface area contributed by atoms with Gasteiger partial charge in [0.1, 0.15) is 11.8 Å². The molecule has 128 valence electrons. The largest absolute Gasteiger partial charge is 0.496 e. The van der Waals surface area contributed by atoms with E-state index in [0.717, 1.165) is 0 Å².